The van der Waals surface area contributed by atoms with Gasteiger partial charge in [-0.25, -0.2) is 4.68 Å². The first kappa shape index (κ1) is 21.0. The summed E-state index contributed by atoms with van der Waals surface area (Å²) in [4.78, 5) is 12.8. The lowest BCUT2D eigenvalue weighted by Gasteiger charge is -2.11. The zero-order valence-electron chi connectivity index (χ0n) is 16.3. The van der Waals surface area contributed by atoms with Gasteiger partial charge >= 0.3 is 6.18 Å². The molecule has 0 saturated carbocycles. The second-order valence-electron chi connectivity index (χ2n) is 6.06. The molecule has 1 amide bonds. The van der Waals surface area contributed by atoms with Gasteiger partial charge in [0.1, 0.15) is 11.5 Å². The van der Waals surface area contributed by atoms with E-state index in [0.717, 1.165) is 16.8 Å². The first-order valence-electron chi connectivity index (χ1n) is 8.61. The van der Waals surface area contributed by atoms with Crippen LogP contribution >= 0.6 is 0 Å². The van der Waals surface area contributed by atoms with Gasteiger partial charge in [-0.05, 0) is 30.3 Å². The topological polar surface area (TPSA) is 74.6 Å². The van der Waals surface area contributed by atoms with E-state index >= 15 is 0 Å². The second kappa shape index (κ2) is 8.36. The number of hydrogen-bond donors (Lipinski definition) is 1. The van der Waals surface area contributed by atoms with E-state index in [9.17, 15) is 18.0 Å². The van der Waals surface area contributed by atoms with Crippen LogP contribution in [0.2, 0.25) is 0 Å². The van der Waals surface area contributed by atoms with Crippen LogP contribution in [0.3, 0.4) is 0 Å². The summed E-state index contributed by atoms with van der Waals surface area (Å²) in [7, 11) is 4.27. The van der Waals surface area contributed by atoms with Crippen LogP contribution in [0.4, 0.5) is 18.9 Å². The highest BCUT2D eigenvalue weighted by atomic mass is 19.4. The Labute approximate surface area is 170 Å². The van der Waals surface area contributed by atoms with Gasteiger partial charge in [-0.1, -0.05) is 6.07 Å². The van der Waals surface area contributed by atoms with Crippen molar-refractivity contribution in [3.05, 3.63) is 59.9 Å². The van der Waals surface area contributed by atoms with Crippen LogP contribution in [0.25, 0.3) is 5.69 Å². The quantitative estimate of drug-likeness (QED) is 0.647. The summed E-state index contributed by atoms with van der Waals surface area (Å²) < 4.78 is 55.7. The Balaban J connectivity index is 1.93. The van der Waals surface area contributed by atoms with E-state index in [1.807, 2.05) is 0 Å². The molecule has 0 fully saturated rings. The van der Waals surface area contributed by atoms with Crippen LogP contribution in [0, 0.1) is 0 Å². The Bertz CT molecular complexity index is 1060. The number of amides is 1. The van der Waals surface area contributed by atoms with Gasteiger partial charge in [-0.3, -0.25) is 4.79 Å². The Morgan fingerprint density at radius 3 is 2.37 bits per heavy atom. The molecule has 1 N–H and O–H groups in total. The van der Waals surface area contributed by atoms with E-state index < -0.39 is 17.6 Å². The average Bonchev–Trinajstić information content (AvgIpc) is 3.18. The number of nitrogens with zero attached hydrogens (tertiary/aromatic N) is 2. The number of carbonyl (C=O) groups excluding carboxylic acids is 1. The van der Waals surface area contributed by atoms with Gasteiger partial charge in [-0.15, -0.1) is 0 Å². The zero-order valence-corrected chi connectivity index (χ0v) is 16.3. The number of anilines is 1. The van der Waals surface area contributed by atoms with E-state index in [2.05, 4.69) is 10.4 Å². The van der Waals surface area contributed by atoms with Crippen LogP contribution < -0.4 is 19.5 Å². The maximum absolute atomic E-state index is 13.0. The molecule has 158 valence electrons. The van der Waals surface area contributed by atoms with Gasteiger partial charge < -0.3 is 19.5 Å². The fourth-order valence-corrected chi connectivity index (χ4v) is 2.71. The van der Waals surface area contributed by atoms with E-state index in [1.165, 1.54) is 39.7 Å². The predicted octanol–water partition coefficient (Wildman–Crippen LogP) is 4.17. The molecule has 0 radical (unpaired) electrons. The van der Waals surface area contributed by atoms with Crippen molar-refractivity contribution in [1.29, 1.82) is 0 Å². The first-order chi connectivity index (χ1) is 14.3. The standard InChI is InChI=1S/C20H18F3N3O4/c1-28-14-7-8-15(16(10-14)29-2)24-19(27)18-17(30-3)11-26(25-18)13-6-4-5-12(9-13)20(21,22)23/h4-11H,1-3H3,(H,24,27). The lowest BCUT2D eigenvalue weighted by molar-refractivity contribution is -0.137. The molecule has 0 unspecified atom stereocenters. The number of carbonyl (C=O) groups is 1. The maximum atomic E-state index is 13.0. The summed E-state index contributed by atoms with van der Waals surface area (Å²) in [5.74, 6) is 0.369. The number of halogens is 3. The van der Waals surface area contributed by atoms with Crippen LogP contribution in [-0.2, 0) is 6.18 Å². The monoisotopic (exact) mass is 421 g/mol. The minimum absolute atomic E-state index is 0.0948. The Morgan fingerprint density at radius 2 is 1.73 bits per heavy atom. The van der Waals surface area contributed by atoms with Gasteiger partial charge in [0.05, 0.1) is 44.5 Å². The first-order valence-corrected chi connectivity index (χ1v) is 8.61. The normalized spacial score (nSPS) is 11.1. The van der Waals surface area contributed by atoms with Gasteiger partial charge in [-0.2, -0.15) is 18.3 Å². The molecule has 0 atom stereocenters. The minimum Gasteiger partial charge on any atom is -0.497 e. The molecule has 0 aliphatic rings. The lowest BCUT2D eigenvalue weighted by Crippen LogP contribution is -2.15. The van der Waals surface area contributed by atoms with Crippen molar-refractivity contribution in [2.24, 2.45) is 0 Å². The van der Waals surface area contributed by atoms with Gasteiger partial charge in [0.15, 0.2) is 11.4 Å². The van der Waals surface area contributed by atoms with Crippen molar-refractivity contribution >= 4 is 11.6 Å². The van der Waals surface area contributed by atoms with Gasteiger partial charge in [0.2, 0.25) is 0 Å². The van der Waals surface area contributed by atoms with E-state index in [1.54, 1.807) is 18.2 Å². The summed E-state index contributed by atoms with van der Waals surface area (Å²) in [6.07, 6.45) is -3.17. The molecule has 2 aromatic carbocycles. The number of alkyl halides is 3. The van der Waals surface area contributed by atoms with Crippen LogP contribution in [0.5, 0.6) is 17.2 Å². The second-order valence-corrected chi connectivity index (χ2v) is 6.06. The fourth-order valence-electron chi connectivity index (χ4n) is 2.71. The van der Waals surface area contributed by atoms with Crippen molar-refractivity contribution < 1.29 is 32.2 Å². The fraction of sp³-hybridized carbons (Fsp3) is 0.200. The maximum Gasteiger partial charge on any atom is 0.416 e. The molecule has 7 nitrogen and oxygen atoms in total. The van der Waals surface area contributed by atoms with Crippen molar-refractivity contribution in [3.8, 4) is 22.9 Å². The third-order valence-corrected chi connectivity index (χ3v) is 4.21. The largest absolute Gasteiger partial charge is 0.497 e. The number of hydrogen-bond acceptors (Lipinski definition) is 5. The van der Waals surface area contributed by atoms with E-state index in [0.29, 0.717) is 17.2 Å². The van der Waals surface area contributed by atoms with Gasteiger partial charge in [0.25, 0.3) is 5.91 Å². The van der Waals surface area contributed by atoms with Crippen LogP contribution in [0.15, 0.2) is 48.7 Å². The summed E-state index contributed by atoms with van der Waals surface area (Å²) in [6, 6.07) is 9.40. The molecular weight excluding hydrogens is 403 g/mol. The molecule has 1 heterocycles. The minimum atomic E-state index is -4.50. The lowest BCUT2D eigenvalue weighted by atomic mass is 10.2. The third-order valence-electron chi connectivity index (χ3n) is 4.21. The summed E-state index contributed by atoms with van der Waals surface area (Å²) in [5, 5.41) is 6.76. The zero-order chi connectivity index (χ0) is 21.9. The molecule has 0 aliphatic heterocycles. The van der Waals surface area contributed by atoms with Crippen molar-refractivity contribution in [3.63, 3.8) is 0 Å². The average molecular weight is 421 g/mol. The van der Waals surface area contributed by atoms with Crippen molar-refractivity contribution in [2.45, 2.75) is 6.18 Å². The molecule has 1 aromatic heterocycles. The molecular formula is C20H18F3N3O4. The molecule has 30 heavy (non-hydrogen) atoms. The number of benzene rings is 2. The predicted molar refractivity (Wildman–Crippen MR) is 103 cm³/mol. The van der Waals surface area contributed by atoms with Gasteiger partial charge in [0, 0.05) is 6.07 Å². The molecule has 3 rings (SSSR count). The van der Waals surface area contributed by atoms with E-state index in [-0.39, 0.29) is 17.1 Å². The SMILES string of the molecule is COc1ccc(NC(=O)c2nn(-c3cccc(C(F)(F)F)c3)cc2OC)c(OC)c1. The molecule has 0 spiro atoms. The number of aromatic nitrogens is 2. The van der Waals surface area contributed by atoms with Crippen LogP contribution in [-0.4, -0.2) is 37.0 Å². The van der Waals surface area contributed by atoms with Crippen molar-refractivity contribution in [1.82, 2.24) is 9.78 Å². The summed E-state index contributed by atoms with van der Waals surface area (Å²) in [5.41, 5.74) is -0.445. The summed E-state index contributed by atoms with van der Waals surface area (Å²) >= 11 is 0. The number of methoxy groups -OCH3 is 3. The molecule has 0 saturated heterocycles. The number of nitrogens with one attached hydrogen (secondary N) is 1. The smallest absolute Gasteiger partial charge is 0.416 e. The highest BCUT2D eigenvalue weighted by Crippen LogP contribution is 2.32. The molecule has 0 aliphatic carbocycles. The van der Waals surface area contributed by atoms with E-state index in [4.69, 9.17) is 14.2 Å². The van der Waals surface area contributed by atoms with Crippen molar-refractivity contribution in [2.75, 3.05) is 26.6 Å². The highest BCUT2D eigenvalue weighted by molar-refractivity contribution is 6.05. The summed E-state index contributed by atoms with van der Waals surface area (Å²) in [6.45, 7) is 0. The highest BCUT2D eigenvalue weighted by Gasteiger charge is 2.31. The molecule has 0 bridgehead atoms. The number of rotatable bonds is 6. The Kier molecular flexibility index (Phi) is 5.86. The van der Waals surface area contributed by atoms with Crippen LogP contribution in [0.1, 0.15) is 16.1 Å². The molecule has 3 aromatic rings. The number of ether oxygens (including phenoxy) is 3. The Hall–Kier alpha value is -3.69. The Morgan fingerprint density at radius 1 is 1.00 bits per heavy atom. The molecule has 10 heteroatoms. The third kappa shape index (κ3) is 4.32.